The predicted octanol–water partition coefficient (Wildman–Crippen LogP) is 2.58. The summed E-state index contributed by atoms with van der Waals surface area (Å²) in [4.78, 5) is 0. The Hall–Kier alpha value is -0.0400. The number of aliphatic hydroxyl groups excluding tert-OH is 1. The van der Waals surface area contributed by atoms with Crippen LogP contribution in [0.25, 0.3) is 0 Å². The van der Waals surface area contributed by atoms with E-state index >= 15 is 0 Å². The third-order valence-corrected chi connectivity index (χ3v) is 2.98. The summed E-state index contributed by atoms with van der Waals surface area (Å²) < 4.78 is 0. The minimum absolute atomic E-state index is 0.00175. The molecule has 1 heteroatoms. The van der Waals surface area contributed by atoms with Crippen molar-refractivity contribution in [2.75, 3.05) is 0 Å². The lowest BCUT2D eigenvalue weighted by Gasteiger charge is -2.31. The molecule has 1 fully saturated rings. The van der Waals surface area contributed by atoms with E-state index in [1.165, 1.54) is 19.3 Å². The summed E-state index contributed by atoms with van der Waals surface area (Å²) in [6.07, 6.45) is 5.97. The van der Waals surface area contributed by atoms with Gasteiger partial charge in [0.2, 0.25) is 0 Å². The quantitative estimate of drug-likeness (QED) is 0.651. The molecule has 0 aromatic heterocycles. The molecule has 66 valence electrons. The molecule has 0 spiro atoms. The van der Waals surface area contributed by atoms with Gasteiger partial charge in [0.15, 0.2) is 0 Å². The fourth-order valence-electron chi connectivity index (χ4n) is 2.23. The van der Waals surface area contributed by atoms with Crippen LogP contribution in [-0.4, -0.2) is 11.2 Å². The van der Waals surface area contributed by atoms with E-state index in [9.17, 15) is 5.11 Å². The first-order valence-electron chi connectivity index (χ1n) is 4.92. The Balaban J connectivity index is 2.31. The smallest absolute Gasteiger partial charge is 0.0543 e. The highest BCUT2D eigenvalue weighted by Crippen LogP contribution is 2.32. The summed E-state index contributed by atoms with van der Waals surface area (Å²) in [7, 11) is 0. The SMILES string of the molecule is CCCC1CCC(O)CC1C. The van der Waals surface area contributed by atoms with Crippen LogP contribution in [0.15, 0.2) is 0 Å². The topological polar surface area (TPSA) is 20.2 Å². The Kier molecular flexibility index (Phi) is 3.38. The van der Waals surface area contributed by atoms with E-state index in [0.29, 0.717) is 0 Å². The zero-order valence-corrected chi connectivity index (χ0v) is 7.71. The van der Waals surface area contributed by atoms with Gasteiger partial charge < -0.3 is 5.11 Å². The van der Waals surface area contributed by atoms with Gasteiger partial charge in [-0.2, -0.15) is 0 Å². The highest BCUT2D eigenvalue weighted by atomic mass is 16.3. The molecule has 1 saturated carbocycles. The van der Waals surface area contributed by atoms with Gasteiger partial charge in [-0.1, -0.05) is 26.7 Å². The van der Waals surface area contributed by atoms with Crippen LogP contribution in [0.1, 0.15) is 46.0 Å². The third kappa shape index (κ3) is 2.48. The molecular formula is C10H20O. The number of rotatable bonds is 2. The molecule has 0 aromatic rings. The first-order valence-corrected chi connectivity index (χ1v) is 4.92. The van der Waals surface area contributed by atoms with Gasteiger partial charge in [-0.3, -0.25) is 0 Å². The number of hydrogen-bond donors (Lipinski definition) is 1. The first-order chi connectivity index (χ1) is 5.24. The van der Waals surface area contributed by atoms with E-state index in [-0.39, 0.29) is 6.10 Å². The lowest BCUT2D eigenvalue weighted by molar-refractivity contribution is 0.0722. The van der Waals surface area contributed by atoms with Gasteiger partial charge in [0.25, 0.3) is 0 Å². The van der Waals surface area contributed by atoms with Crippen molar-refractivity contribution in [2.24, 2.45) is 11.8 Å². The predicted molar refractivity (Wildman–Crippen MR) is 47.4 cm³/mol. The van der Waals surface area contributed by atoms with E-state index in [0.717, 1.165) is 24.7 Å². The second-order valence-electron chi connectivity index (χ2n) is 3.99. The lowest BCUT2D eigenvalue weighted by Crippen LogP contribution is -2.25. The zero-order chi connectivity index (χ0) is 8.27. The molecule has 0 bridgehead atoms. The molecule has 1 N–H and O–H groups in total. The van der Waals surface area contributed by atoms with Crippen molar-refractivity contribution in [1.82, 2.24) is 0 Å². The highest BCUT2D eigenvalue weighted by molar-refractivity contribution is 4.76. The molecule has 1 rings (SSSR count). The maximum Gasteiger partial charge on any atom is 0.0543 e. The number of aliphatic hydroxyl groups is 1. The van der Waals surface area contributed by atoms with E-state index in [1.807, 2.05) is 0 Å². The molecule has 1 nitrogen and oxygen atoms in total. The monoisotopic (exact) mass is 156 g/mol. The van der Waals surface area contributed by atoms with Crippen molar-refractivity contribution in [1.29, 1.82) is 0 Å². The fraction of sp³-hybridized carbons (Fsp3) is 1.00. The average molecular weight is 156 g/mol. The summed E-state index contributed by atoms with van der Waals surface area (Å²) in [5.74, 6) is 1.64. The van der Waals surface area contributed by atoms with Crippen LogP contribution in [0.3, 0.4) is 0 Å². The Bertz CT molecular complexity index is 111. The van der Waals surface area contributed by atoms with Crippen molar-refractivity contribution in [3.05, 3.63) is 0 Å². The van der Waals surface area contributed by atoms with Gasteiger partial charge in [-0.25, -0.2) is 0 Å². The molecule has 1 aliphatic rings. The Morgan fingerprint density at radius 3 is 2.64 bits per heavy atom. The summed E-state index contributed by atoms with van der Waals surface area (Å²) in [6.45, 7) is 4.53. The van der Waals surface area contributed by atoms with Gasteiger partial charge >= 0.3 is 0 Å². The van der Waals surface area contributed by atoms with E-state index in [4.69, 9.17) is 0 Å². The van der Waals surface area contributed by atoms with Crippen molar-refractivity contribution in [3.63, 3.8) is 0 Å². The fourth-order valence-corrected chi connectivity index (χ4v) is 2.23. The van der Waals surface area contributed by atoms with Gasteiger partial charge in [0.1, 0.15) is 0 Å². The molecule has 0 amide bonds. The van der Waals surface area contributed by atoms with Gasteiger partial charge in [0, 0.05) is 0 Å². The first kappa shape index (κ1) is 9.05. The molecule has 3 unspecified atom stereocenters. The van der Waals surface area contributed by atoms with Crippen LogP contribution in [0.4, 0.5) is 0 Å². The minimum atomic E-state index is -0.00175. The summed E-state index contributed by atoms with van der Waals surface area (Å²) in [5, 5.41) is 9.37. The second-order valence-corrected chi connectivity index (χ2v) is 3.99. The summed E-state index contributed by atoms with van der Waals surface area (Å²) >= 11 is 0. The molecule has 3 atom stereocenters. The Labute approximate surface area is 69.8 Å². The Morgan fingerprint density at radius 2 is 2.09 bits per heavy atom. The van der Waals surface area contributed by atoms with Gasteiger partial charge in [0.05, 0.1) is 6.10 Å². The van der Waals surface area contributed by atoms with Crippen molar-refractivity contribution < 1.29 is 5.11 Å². The molecule has 0 aliphatic heterocycles. The number of hydrogen-bond acceptors (Lipinski definition) is 1. The maximum atomic E-state index is 9.37. The average Bonchev–Trinajstić information content (AvgIpc) is 1.95. The van der Waals surface area contributed by atoms with Crippen LogP contribution >= 0.6 is 0 Å². The Morgan fingerprint density at radius 1 is 1.36 bits per heavy atom. The van der Waals surface area contributed by atoms with Gasteiger partial charge in [-0.05, 0) is 31.1 Å². The van der Waals surface area contributed by atoms with Crippen molar-refractivity contribution in [2.45, 2.75) is 52.1 Å². The third-order valence-electron chi connectivity index (χ3n) is 2.98. The van der Waals surface area contributed by atoms with Crippen LogP contribution in [-0.2, 0) is 0 Å². The molecule has 11 heavy (non-hydrogen) atoms. The molecular weight excluding hydrogens is 136 g/mol. The molecule has 1 aliphatic carbocycles. The van der Waals surface area contributed by atoms with Crippen LogP contribution in [0.5, 0.6) is 0 Å². The van der Waals surface area contributed by atoms with Crippen LogP contribution in [0, 0.1) is 11.8 Å². The van der Waals surface area contributed by atoms with Crippen molar-refractivity contribution in [3.8, 4) is 0 Å². The largest absolute Gasteiger partial charge is 0.393 e. The minimum Gasteiger partial charge on any atom is -0.393 e. The molecule has 0 heterocycles. The van der Waals surface area contributed by atoms with E-state index in [1.54, 1.807) is 0 Å². The normalized spacial score (nSPS) is 39.0. The lowest BCUT2D eigenvalue weighted by atomic mass is 9.77. The summed E-state index contributed by atoms with van der Waals surface area (Å²) in [6, 6.07) is 0. The van der Waals surface area contributed by atoms with E-state index < -0.39 is 0 Å². The van der Waals surface area contributed by atoms with Gasteiger partial charge in [-0.15, -0.1) is 0 Å². The zero-order valence-electron chi connectivity index (χ0n) is 7.71. The second kappa shape index (κ2) is 4.10. The van der Waals surface area contributed by atoms with Crippen LogP contribution in [0.2, 0.25) is 0 Å². The van der Waals surface area contributed by atoms with Crippen LogP contribution < -0.4 is 0 Å². The van der Waals surface area contributed by atoms with Crippen molar-refractivity contribution >= 4 is 0 Å². The standard InChI is InChI=1S/C10H20O/c1-3-4-9-5-6-10(11)7-8(9)2/h8-11H,3-7H2,1-2H3. The van der Waals surface area contributed by atoms with E-state index in [2.05, 4.69) is 13.8 Å². The summed E-state index contributed by atoms with van der Waals surface area (Å²) in [5.41, 5.74) is 0. The maximum absolute atomic E-state index is 9.37. The highest BCUT2D eigenvalue weighted by Gasteiger charge is 2.25. The molecule has 0 aromatic carbocycles. The molecule has 0 radical (unpaired) electrons. The molecule has 0 saturated heterocycles.